The van der Waals surface area contributed by atoms with Crippen LogP contribution in [0.25, 0.3) is 0 Å². The van der Waals surface area contributed by atoms with E-state index in [2.05, 4.69) is 11.8 Å². The number of rotatable bonds is 2. The molecule has 0 aliphatic carbocycles. The highest BCUT2D eigenvalue weighted by Crippen LogP contribution is 1.79. The minimum absolute atomic E-state index is 0.0371. The van der Waals surface area contributed by atoms with E-state index >= 15 is 0 Å². The molecule has 0 radical (unpaired) electrons. The van der Waals surface area contributed by atoms with Crippen molar-refractivity contribution in [3.8, 4) is 11.8 Å². The molecule has 0 rings (SSSR count). The van der Waals surface area contributed by atoms with Gasteiger partial charge in [-0.05, 0) is 13.0 Å². The Balaban J connectivity index is 2.90. The summed E-state index contributed by atoms with van der Waals surface area (Å²) in [5.41, 5.74) is 5.18. The quantitative estimate of drug-likeness (QED) is 0.382. The number of aliphatic hydroxyl groups is 1. The first-order chi connectivity index (χ1) is 3.91. The predicted octanol–water partition coefficient (Wildman–Crippen LogP) is -0.279. The smallest absolute Gasteiger partial charge is 0.104 e. The minimum atomic E-state index is -0.0371. The highest BCUT2D eigenvalue weighted by atomic mass is 16.2. The Morgan fingerprint density at radius 1 is 1.38 bits per heavy atom. The number of aliphatic hydroxyl groups excluding tert-OH is 1. The maximum atomic E-state index is 8.16. The second-order valence-corrected chi connectivity index (χ2v) is 1.40. The van der Waals surface area contributed by atoms with Crippen LogP contribution in [-0.4, -0.2) is 18.3 Å². The maximum absolute atomic E-state index is 8.16. The van der Waals surface area contributed by atoms with Crippen LogP contribution in [0.5, 0.6) is 0 Å². The average Bonchev–Trinajstić information content (AvgIpc) is 1.81. The van der Waals surface area contributed by atoms with Gasteiger partial charge in [0.15, 0.2) is 0 Å². The van der Waals surface area contributed by atoms with Gasteiger partial charge in [0.1, 0.15) is 6.61 Å². The fourth-order valence-electron chi connectivity index (χ4n) is 0.335. The van der Waals surface area contributed by atoms with Gasteiger partial charge < -0.3 is 10.8 Å². The van der Waals surface area contributed by atoms with Crippen molar-refractivity contribution in [3.05, 3.63) is 0 Å². The molecule has 0 amide bonds. The lowest BCUT2D eigenvalue weighted by atomic mass is 10.3. The second kappa shape index (κ2) is 6.48. The Morgan fingerprint density at radius 3 is 2.62 bits per heavy atom. The molecule has 0 aromatic heterocycles. The first-order valence-electron chi connectivity index (χ1n) is 2.68. The van der Waals surface area contributed by atoms with Crippen molar-refractivity contribution >= 4 is 0 Å². The Labute approximate surface area is 49.7 Å². The SMILES string of the molecule is NCCCC#CCO. The third kappa shape index (κ3) is 5.48. The molecule has 0 atom stereocenters. The van der Waals surface area contributed by atoms with Gasteiger partial charge in [-0.3, -0.25) is 0 Å². The van der Waals surface area contributed by atoms with Gasteiger partial charge >= 0.3 is 0 Å². The summed E-state index contributed by atoms with van der Waals surface area (Å²) in [7, 11) is 0. The fraction of sp³-hybridized carbons (Fsp3) is 0.667. The Hall–Kier alpha value is -0.520. The summed E-state index contributed by atoms with van der Waals surface area (Å²) >= 11 is 0. The van der Waals surface area contributed by atoms with Gasteiger partial charge in [-0.2, -0.15) is 0 Å². The molecule has 0 aromatic rings. The lowest BCUT2D eigenvalue weighted by Crippen LogP contribution is -1.96. The zero-order chi connectivity index (χ0) is 6.24. The molecule has 8 heavy (non-hydrogen) atoms. The molecule has 0 spiro atoms. The third-order valence-electron chi connectivity index (χ3n) is 0.710. The Kier molecular flexibility index (Phi) is 6.06. The summed E-state index contributed by atoms with van der Waals surface area (Å²) in [6, 6.07) is 0. The summed E-state index contributed by atoms with van der Waals surface area (Å²) in [5, 5.41) is 8.16. The summed E-state index contributed by atoms with van der Waals surface area (Å²) < 4.78 is 0. The van der Waals surface area contributed by atoms with Gasteiger partial charge in [-0.1, -0.05) is 5.92 Å². The number of hydrogen-bond donors (Lipinski definition) is 2. The van der Waals surface area contributed by atoms with Crippen LogP contribution in [0.15, 0.2) is 0 Å². The van der Waals surface area contributed by atoms with Crippen LogP contribution in [0, 0.1) is 11.8 Å². The number of unbranched alkanes of at least 4 members (excludes halogenated alkanes) is 1. The van der Waals surface area contributed by atoms with E-state index in [0.717, 1.165) is 12.8 Å². The number of nitrogens with two attached hydrogens (primary N) is 1. The van der Waals surface area contributed by atoms with Crippen molar-refractivity contribution in [2.24, 2.45) is 5.73 Å². The second-order valence-electron chi connectivity index (χ2n) is 1.40. The first-order valence-corrected chi connectivity index (χ1v) is 2.68. The van der Waals surface area contributed by atoms with E-state index in [-0.39, 0.29) is 6.61 Å². The molecule has 0 saturated carbocycles. The van der Waals surface area contributed by atoms with Crippen LogP contribution in [0.4, 0.5) is 0 Å². The monoisotopic (exact) mass is 113 g/mol. The maximum Gasteiger partial charge on any atom is 0.104 e. The fourth-order valence-corrected chi connectivity index (χ4v) is 0.335. The third-order valence-corrected chi connectivity index (χ3v) is 0.710. The molecule has 46 valence electrons. The van der Waals surface area contributed by atoms with Gasteiger partial charge in [0.05, 0.1) is 0 Å². The molecule has 0 aliphatic rings. The minimum Gasteiger partial charge on any atom is -0.384 e. The van der Waals surface area contributed by atoms with Crippen molar-refractivity contribution in [3.63, 3.8) is 0 Å². The average molecular weight is 113 g/mol. The lowest BCUT2D eigenvalue weighted by molar-refractivity contribution is 0.350. The zero-order valence-corrected chi connectivity index (χ0v) is 4.85. The summed E-state index contributed by atoms with van der Waals surface area (Å²) in [4.78, 5) is 0. The Morgan fingerprint density at radius 2 is 2.12 bits per heavy atom. The van der Waals surface area contributed by atoms with Crippen molar-refractivity contribution in [1.82, 2.24) is 0 Å². The first kappa shape index (κ1) is 7.48. The summed E-state index contributed by atoms with van der Waals surface area (Å²) in [6.07, 6.45) is 1.73. The van der Waals surface area contributed by atoms with E-state index in [0.29, 0.717) is 6.54 Å². The van der Waals surface area contributed by atoms with Crippen molar-refractivity contribution in [1.29, 1.82) is 0 Å². The van der Waals surface area contributed by atoms with Crippen LogP contribution in [-0.2, 0) is 0 Å². The van der Waals surface area contributed by atoms with E-state index in [9.17, 15) is 0 Å². The lowest BCUT2D eigenvalue weighted by Gasteiger charge is -1.82. The molecule has 0 aliphatic heterocycles. The topological polar surface area (TPSA) is 46.2 Å². The molecule has 0 aromatic carbocycles. The molecule has 2 heteroatoms. The van der Waals surface area contributed by atoms with Crippen LogP contribution >= 0.6 is 0 Å². The molecule has 2 nitrogen and oxygen atoms in total. The molecule has 0 heterocycles. The molecule has 0 unspecified atom stereocenters. The molecule has 3 N–H and O–H groups in total. The van der Waals surface area contributed by atoms with E-state index in [1.54, 1.807) is 0 Å². The highest BCUT2D eigenvalue weighted by Gasteiger charge is 1.73. The van der Waals surface area contributed by atoms with Gasteiger partial charge in [0.25, 0.3) is 0 Å². The standard InChI is InChI=1S/C6H11NO/c7-5-3-1-2-4-6-8/h8H,1,3,5-7H2. The van der Waals surface area contributed by atoms with Gasteiger partial charge in [0.2, 0.25) is 0 Å². The normalized spacial score (nSPS) is 7.75. The highest BCUT2D eigenvalue weighted by molar-refractivity contribution is 4.98. The zero-order valence-electron chi connectivity index (χ0n) is 4.85. The van der Waals surface area contributed by atoms with E-state index in [1.807, 2.05) is 0 Å². The molecular formula is C6H11NO. The van der Waals surface area contributed by atoms with E-state index in [1.165, 1.54) is 0 Å². The van der Waals surface area contributed by atoms with E-state index < -0.39 is 0 Å². The van der Waals surface area contributed by atoms with Crippen LogP contribution in [0.1, 0.15) is 12.8 Å². The predicted molar refractivity (Wildman–Crippen MR) is 33.2 cm³/mol. The van der Waals surface area contributed by atoms with Gasteiger partial charge in [-0.25, -0.2) is 0 Å². The van der Waals surface area contributed by atoms with Crippen LogP contribution < -0.4 is 5.73 Å². The van der Waals surface area contributed by atoms with Gasteiger partial charge in [0, 0.05) is 6.42 Å². The summed E-state index contributed by atoms with van der Waals surface area (Å²) in [6.45, 7) is 0.644. The largest absolute Gasteiger partial charge is 0.384 e. The molecule has 0 saturated heterocycles. The van der Waals surface area contributed by atoms with Crippen LogP contribution in [0.2, 0.25) is 0 Å². The van der Waals surface area contributed by atoms with Crippen molar-refractivity contribution < 1.29 is 5.11 Å². The molecule has 0 bridgehead atoms. The van der Waals surface area contributed by atoms with Crippen molar-refractivity contribution in [2.75, 3.05) is 13.2 Å². The van der Waals surface area contributed by atoms with Gasteiger partial charge in [-0.15, -0.1) is 5.92 Å². The molecule has 0 fully saturated rings. The summed E-state index contributed by atoms with van der Waals surface area (Å²) in [5.74, 6) is 5.29. The van der Waals surface area contributed by atoms with Crippen molar-refractivity contribution in [2.45, 2.75) is 12.8 Å². The van der Waals surface area contributed by atoms with Crippen LogP contribution in [0.3, 0.4) is 0 Å². The molecular weight excluding hydrogens is 102 g/mol. The Bertz CT molecular complexity index is 90.4. The van der Waals surface area contributed by atoms with E-state index in [4.69, 9.17) is 10.8 Å². The number of hydrogen-bond acceptors (Lipinski definition) is 2.